The van der Waals surface area contributed by atoms with Gasteiger partial charge in [-0.15, -0.1) is 13.2 Å². The molecule has 0 aromatic rings. The number of hydrogen-bond acceptors (Lipinski definition) is 1. The summed E-state index contributed by atoms with van der Waals surface area (Å²) in [5.41, 5.74) is 4.08. The highest BCUT2D eigenvalue weighted by Gasteiger charge is 2.24. The van der Waals surface area contributed by atoms with E-state index in [0.29, 0.717) is 0 Å². The summed E-state index contributed by atoms with van der Waals surface area (Å²) in [5.74, 6) is 0. The summed E-state index contributed by atoms with van der Waals surface area (Å²) in [6, 6.07) is 0. The van der Waals surface area contributed by atoms with Crippen molar-refractivity contribution in [3.63, 3.8) is 0 Å². The lowest BCUT2D eigenvalue weighted by Gasteiger charge is -2.33. The van der Waals surface area contributed by atoms with Gasteiger partial charge in [-0.3, -0.25) is 0 Å². The first-order chi connectivity index (χ1) is 4.93. The Kier molecular flexibility index (Phi) is 3.99. The first-order valence-electron chi connectivity index (χ1n) is 3.79. The summed E-state index contributed by atoms with van der Waals surface area (Å²) >= 11 is 0. The van der Waals surface area contributed by atoms with Crippen molar-refractivity contribution in [1.29, 1.82) is 0 Å². The second-order valence-corrected chi connectivity index (χ2v) is 11.4. The Bertz CT molecular complexity index is 141. The van der Waals surface area contributed by atoms with Crippen LogP contribution in [0, 0.1) is 0 Å². The first-order valence-corrected chi connectivity index (χ1v) is 8.84. The maximum Gasteiger partial charge on any atom is 0.185 e. The molecule has 0 aromatic heterocycles. The Morgan fingerprint density at radius 2 is 1.55 bits per heavy atom. The molecule has 0 amide bonds. The van der Waals surface area contributed by atoms with E-state index in [1.807, 2.05) is 11.4 Å². The van der Waals surface area contributed by atoms with Crippen LogP contribution in [0.15, 0.2) is 24.6 Å². The summed E-state index contributed by atoms with van der Waals surface area (Å²) < 4.78 is 2.47. The van der Waals surface area contributed by atoms with Crippen molar-refractivity contribution in [2.24, 2.45) is 0 Å². The van der Waals surface area contributed by atoms with E-state index in [-0.39, 0.29) is 0 Å². The van der Waals surface area contributed by atoms with Crippen molar-refractivity contribution in [1.82, 2.24) is 4.23 Å². The molecule has 0 rings (SSSR count). The van der Waals surface area contributed by atoms with E-state index in [4.69, 9.17) is 0 Å². The smallest absolute Gasteiger partial charge is 0.185 e. The summed E-state index contributed by atoms with van der Waals surface area (Å²) in [4.78, 5) is 0. The molecule has 0 bridgehead atoms. The van der Waals surface area contributed by atoms with Gasteiger partial charge in [0.25, 0.3) is 0 Å². The molecule has 0 aliphatic carbocycles. The van der Waals surface area contributed by atoms with E-state index >= 15 is 0 Å². The minimum Gasteiger partial charge on any atom is -0.343 e. The predicted molar refractivity (Wildman–Crippen MR) is 57.3 cm³/mol. The number of rotatable bonds is 4. The maximum absolute atomic E-state index is 3.82. The van der Waals surface area contributed by atoms with Crippen LogP contribution in [0.3, 0.4) is 0 Å². The molecule has 0 heterocycles. The van der Waals surface area contributed by atoms with E-state index in [2.05, 4.69) is 44.1 Å². The molecule has 0 aliphatic heterocycles. The molecule has 1 nitrogen and oxygen atoms in total. The zero-order valence-corrected chi connectivity index (χ0v) is 10.0. The predicted octanol–water partition coefficient (Wildman–Crippen LogP) is 2.20. The van der Waals surface area contributed by atoms with Gasteiger partial charge in [-0.1, -0.05) is 31.0 Å². The fourth-order valence-electron chi connectivity index (χ4n) is 0.744. The van der Waals surface area contributed by atoms with Gasteiger partial charge in [-0.05, 0) is 7.05 Å². The SMILES string of the molecule is C=C[Si](C=C)N(C)[Si](C)(C)C. The van der Waals surface area contributed by atoms with Crippen LogP contribution in [0.5, 0.6) is 0 Å². The Hall–Kier alpha value is -0.126. The molecule has 0 saturated carbocycles. The van der Waals surface area contributed by atoms with Gasteiger partial charge >= 0.3 is 0 Å². The molecule has 0 fully saturated rings. The molecule has 0 atom stereocenters. The molecule has 0 saturated heterocycles. The van der Waals surface area contributed by atoms with Crippen LogP contribution in [0.1, 0.15) is 0 Å². The highest BCUT2D eigenvalue weighted by Crippen LogP contribution is 2.09. The van der Waals surface area contributed by atoms with Crippen LogP contribution in [-0.4, -0.2) is 28.5 Å². The molecule has 0 aromatic carbocycles. The van der Waals surface area contributed by atoms with Crippen LogP contribution in [0.4, 0.5) is 0 Å². The van der Waals surface area contributed by atoms with Gasteiger partial charge in [0, 0.05) is 0 Å². The fourth-order valence-corrected chi connectivity index (χ4v) is 5.10. The molecule has 1 radical (unpaired) electrons. The largest absolute Gasteiger partial charge is 0.343 e. The maximum atomic E-state index is 3.82. The summed E-state index contributed by atoms with van der Waals surface area (Å²) in [6.45, 7) is 14.7. The Morgan fingerprint density at radius 3 is 1.64 bits per heavy atom. The van der Waals surface area contributed by atoms with E-state index < -0.39 is 17.2 Å². The van der Waals surface area contributed by atoms with E-state index in [0.717, 1.165) is 0 Å². The lowest BCUT2D eigenvalue weighted by atomic mass is 11.2. The highest BCUT2D eigenvalue weighted by atomic mass is 28.4. The molecule has 0 spiro atoms. The number of nitrogens with zero attached hydrogens (tertiary/aromatic N) is 1. The molecular formula is C8H18NSi2. The lowest BCUT2D eigenvalue weighted by molar-refractivity contribution is 0.794. The van der Waals surface area contributed by atoms with Crippen molar-refractivity contribution < 1.29 is 0 Å². The molecule has 63 valence electrons. The van der Waals surface area contributed by atoms with Crippen LogP contribution >= 0.6 is 0 Å². The Morgan fingerprint density at radius 1 is 1.18 bits per heavy atom. The van der Waals surface area contributed by atoms with Crippen LogP contribution in [0.25, 0.3) is 0 Å². The Labute approximate surface area is 73.2 Å². The van der Waals surface area contributed by atoms with Crippen molar-refractivity contribution >= 4 is 17.2 Å². The van der Waals surface area contributed by atoms with Gasteiger partial charge in [0.15, 0.2) is 8.96 Å². The van der Waals surface area contributed by atoms with Crippen molar-refractivity contribution in [3.8, 4) is 0 Å². The van der Waals surface area contributed by atoms with Gasteiger partial charge in [0.05, 0.1) is 0 Å². The van der Waals surface area contributed by atoms with Crippen molar-refractivity contribution in [2.45, 2.75) is 19.6 Å². The molecule has 0 unspecified atom stereocenters. The monoisotopic (exact) mass is 184 g/mol. The van der Waals surface area contributed by atoms with E-state index in [9.17, 15) is 0 Å². The average Bonchev–Trinajstić information content (AvgIpc) is 1.88. The standard InChI is InChI=1S/C8H18NSi2/c1-7-10(8-2)9(3)11(4,5)6/h7-8H,1-2H2,3-6H3. The van der Waals surface area contributed by atoms with E-state index in [1.165, 1.54) is 0 Å². The second-order valence-electron chi connectivity index (χ2n) is 3.56. The third-order valence-electron chi connectivity index (χ3n) is 1.81. The van der Waals surface area contributed by atoms with Crippen LogP contribution in [0.2, 0.25) is 19.6 Å². The zero-order valence-electron chi connectivity index (χ0n) is 8.02. The normalized spacial score (nSPS) is 12.2. The first kappa shape index (κ1) is 10.9. The van der Waals surface area contributed by atoms with Gasteiger partial charge < -0.3 is 4.23 Å². The highest BCUT2D eigenvalue weighted by molar-refractivity contribution is 6.86. The minimum atomic E-state index is -1.13. The quantitative estimate of drug-likeness (QED) is 0.606. The molecule has 11 heavy (non-hydrogen) atoms. The molecular weight excluding hydrogens is 166 g/mol. The third-order valence-corrected chi connectivity index (χ3v) is 8.22. The molecule has 0 N–H and O–H groups in total. The average molecular weight is 184 g/mol. The van der Waals surface area contributed by atoms with Gasteiger partial charge in [0.2, 0.25) is 0 Å². The Balaban J connectivity index is 4.31. The zero-order chi connectivity index (χ0) is 9.07. The third kappa shape index (κ3) is 3.18. The lowest BCUT2D eigenvalue weighted by Crippen LogP contribution is -2.50. The summed E-state index contributed by atoms with van der Waals surface area (Å²) in [5, 5.41) is 0. The van der Waals surface area contributed by atoms with Gasteiger partial charge in [0.1, 0.15) is 8.24 Å². The van der Waals surface area contributed by atoms with Gasteiger partial charge in [-0.25, -0.2) is 0 Å². The summed E-state index contributed by atoms with van der Waals surface area (Å²) in [7, 11) is 0.419. The minimum absolute atomic E-state index is 0.636. The summed E-state index contributed by atoms with van der Waals surface area (Å²) in [6.07, 6.45) is 0. The van der Waals surface area contributed by atoms with Crippen molar-refractivity contribution in [3.05, 3.63) is 24.6 Å². The number of hydrogen-bond donors (Lipinski definition) is 0. The van der Waals surface area contributed by atoms with Crippen LogP contribution < -0.4 is 0 Å². The van der Waals surface area contributed by atoms with Crippen molar-refractivity contribution in [2.75, 3.05) is 7.05 Å². The fraction of sp³-hybridized carbons (Fsp3) is 0.500. The second kappa shape index (κ2) is 4.04. The topological polar surface area (TPSA) is 3.24 Å². The van der Waals surface area contributed by atoms with Crippen LogP contribution in [-0.2, 0) is 0 Å². The molecule has 3 heteroatoms. The molecule has 0 aliphatic rings. The van der Waals surface area contributed by atoms with Gasteiger partial charge in [-0.2, -0.15) is 0 Å². The van der Waals surface area contributed by atoms with E-state index in [1.54, 1.807) is 0 Å².